The molecule has 0 spiro atoms. The Kier molecular flexibility index (Phi) is 2.99. The van der Waals surface area contributed by atoms with E-state index in [0.717, 1.165) is 16.6 Å². The Morgan fingerprint density at radius 3 is 2.56 bits per heavy atom. The third kappa shape index (κ3) is 1.92. The van der Waals surface area contributed by atoms with E-state index in [-0.39, 0.29) is 0 Å². The molecule has 3 nitrogen and oxygen atoms in total. The average Bonchev–Trinajstić information content (AvgIpc) is 2.49. The van der Waals surface area contributed by atoms with Gasteiger partial charge in [0.2, 0.25) is 0 Å². The second kappa shape index (κ2) is 4.33. The van der Waals surface area contributed by atoms with E-state index in [1.165, 1.54) is 22.7 Å². The first-order valence-electron chi connectivity index (χ1n) is 5.89. The number of fused-ring (bicyclic) bond motifs is 1. The first kappa shape index (κ1) is 12.4. The zero-order chi connectivity index (χ0) is 13.4. The van der Waals surface area contributed by atoms with Crippen LogP contribution >= 0.6 is 0 Å². The maximum absolute atomic E-state index is 10.7. The van der Waals surface area contributed by atoms with Gasteiger partial charge in [0.05, 0.1) is 5.52 Å². The summed E-state index contributed by atoms with van der Waals surface area (Å²) in [6, 6.07) is 4.25. The van der Waals surface area contributed by atoms with Crippen molar-refractivity contribution in [3.63, 3.8) is 0 Å². The molecule has 0 amide bonds. The first-order chi connectivity index (χ1) is 8.41. The van der Waals surface area contributed by atoms with E-state index in [1.54, 1.807) is 6.08 Å². The minimum absolute atomic E-state index is 0.921. The zero-order valence-corrected chi connectivity index (χ0v) is 11.1. The van der Waals surface area contributed by atoms with Crippen molar-refractivity contribution in [1.82, 2.24) is 4.57 Å². The van der Waals surface area contributed by atoms with Crippen molar-refractivity contribution < 1.29 is 9.90 Å². The van der Waals surface area contributed by atoms with Gasteiger partial charge in [-0.05, 0) is 38.5 Å². The van der Waals surface area contributed by atoms with Crippen molar-refractivity contribution in [2.45, 2.75) is 20.8 Å². The topological polar surface area (TPSA) is 42.2 Å². The SMILES string of the molecule is Cc1cc(C)c2c(c1)c(/C=C/C(=O)O)c(C)n2C. The maximum Gasteiger partial charge on any atom is 0.328 e. The molecule has 1 aromatic heterocycles. The first-order valence-corrected chi connectivity index (χ1v) is 5.89. The standard InChI is InChI=1S/C15H17NO2/c1-9-7-10(2)15-13(8-9)12(5-6-14(17)18)11(3)16(15)4/h5-8H,1-4H3,(H,17,18)/b6-5+. The number of nitrogens with zero attached hydrogens (tertiary/aromatic N) is 1. The molecule has 1 heterocycles. The molecule has 1 N–H and O–H groups in total. The number of hydrogen-bond acceptors (Lipinski definition) is 1. The lowest BCUT2D eigenvalue weighted by Crippen LogP contribution is -1.92. The molecule has 2 aromatic rings. The molecule has 0 bridgehead atoms. The fraction of sp³-hybridized carbons (Fsp3) is 0.267. The molecule has 0 aliphatic rings. The maximum atomic E-state index is 10.7. The third-order valence-electron chi connectivity index (χ3n) is 3.36. The molecular weight excluding hydrogens is 226 g/mol. The van der Waals surface area contributed by atoms with Crippen molar-refractivity contribution in [2.24, 2.45) is 7.05 Å². The number of carboxylic acid groups (broad SMARTS) is 1. The molecule has 94 valence electrons. The third-order valence-corrected chi connectivity index (χ3v) is 3.36. The number of carboxylic acids is 1. The number of aromatic nitrogens is 1. The lowest BCUT2D eigenvalue weighted by atomic mass is 10.0. The van der Waals surface area contributed by atoms with Gasteiger partial charge in [-0.25, -0.2) is 4.79 Å². The van der Waals surface area contributed by atoms with Gasteiger partial charge in [-0.3, -0.25) is 0 Å². The summed E-state index contributed by atoms with van der Waals surface area (Å²) in [5.41, 5.74) is 5.64. The van der Waals surface area contributed by atoms with Gasteiger partial charge in [-0.2, -0.15) is 0 Å². The number of aliphatic carboxylic acids is 1. The molecule has 0 saturated heterocycles. The molecule has 18 heavy (non-hydrogen) atoms. The van der Waals surface area contributed by atoms with Gasteiger partial charge in [-0.1, -0.05) is 11.6 Å². The second-order valence-corrected chi connectivity index (χ2v) is 4.71. The fourth-order valence-corrected chi connectivity index (χ4v) is 2.52. The van der Waals surface area contributed by atoms with Gasteiger partial charge in [0.1, 0.15) is 0 Å². The van der Waals surface area contributed by atoms with Gasteiger partial charge in [0, 0.05) is 29.8 Å². The van der Waals surface area contributed by atoms with Crippen LogP contribution in [0.15, 0.2) is 18.2 Å². The Labute approximate surface area is 106 Å². The van der Waals surface area contributed by atoms with Crippen molar-refractivity contribution in [3.8, 4) is 0 Å². The van der Waals surface area contributed by atoms with Crippen molar-refractivity contribution in [2.75, 3.05) is 0 Å². The van der Waals surface area contributed by atoms with E-state index in [0.29, 0.717) is 0 Å². The predicted octanol–water partition coefficient (Wildman–Crippen LogP) is 3.20. The van der Waals surface area contributed by atoms with Crippen LogP contribution in [0, 0.1) is 20.8 Å². The Morgan fingerprint density at radius 2 is 1.94 bits per heavy atom. The smallest absolute Gasteiger partial charge is 0.328 e. The molecule has 0 radical (unpaired) electrons. The van der Waals surface area contributed by atoms with Crippen molar-refractivity contribution in [1.29, 1.82) is 0 Å². The van der Waals surface area contributed by atoms with Gasteiger partial charge in [0.15, 0.2) is 0 Å². The summed E-state index contributed by atoms with van der Waals surface area (Å²) in [5, 5.41) is 9.88. The Bertz CT molecular complexity index is 663. The van der Waals surface area contributed by atoms with E-state index in [1.807, 2.05) is 14.0 Å². The van der Waals surface area contributed by atoms with E-state index in [4.69, 9.17) is 5.11 Å². The minimum atomic E-state index is -0.921. The van der Waals surface area contributed by atoms with Crippen LogP contribution in [0.3, 0.4) is 0 Å². The largest absolute Gasteiger partial charge is 0.478 e. The van der Waals surface area contributed by atoms with Crippen LogP contribution in [0.25, 0.3) is 17.0 Å². The second-order valence-electron chi connectivity index (χ2n) is 4.71. The highest BCUT2D eigenvalue weighted by molar-refractivity contribution is 5.96. The van der Waals surface area contributed by atoms with Crippen LogP contribution in [0.1, 0.15) is 22.4 Å². The summed E-state index contributed by atoms with van der Waals surface area (Å²) in [5.74, 6) is -0.921. The molecule has 3 heteroatoms. The lowest BCUT2D eigenvalue weighted by Gasteiger charge is -2.03. The predicted molar refractivity (Wildman–Crippen MR) is 73.8 cm³/mol. The van der Waals surface area contributed by atoms with Crippen LogP contribution < -0.4 is 0 Å². The van der Waals surface area contributed by atoms with Crippen LogP contribution in [0.4, 0.5) is 0 Å². The molecule has 2 rings (SSSR count). The number of carbonyl (C=O) groups is 1. The molecule has 0 aliphatic carbocycles. The zero-order valence-electron chi connectivity index (χ0n) is 11.1. The van der Waals surface area contributed by atoms with E-state index in [2.05, 4.69) is 30.5 Å². The Hall–Kier alpha value is -2.03. The van der Waals surface area contributed by atoms with E-state index in [9.17, 15) is 4.79 Å². The highest BCUT2D eigenvalue weighted by atomic mass is 16.4. The molecule has 0 atom stereocenters. The van der Waals surface area contributed by atoms with E-state index < -0.39 is 5.97 Å². The molecule has 0 fully saturated rings. The summed E-state index contributed by atoms with van der Waals surface area (Å²) >= 11 is 0. The quantitative estimate of drug-likeness (QED) is 0.823. The highest BCUT2D eigenvalue weighted by Crippen LogP contribution is 2.29. The number of aryl methyl sites for hydroxylation is 3. The normalized spacial score (nSPS) is 11.6. The van der Waals surface area contributed by atoms with Gasteiger partial charge in [-0.15, -0.1) is 0 Å². The van der Waals surface area contributed by atoms with Gasteiger partial charge < -0.3 is 9.67 Å². The van der Waals surface area contributed by atoms with Crippen LogP contribution in [0.2, 0.25) is 0 Å². The number of hydrogen-bond donors (Lipinski definition) is 1. The number of rotatable bonds is 2. The molecule has 0 saturated carbocycles. The van der Waals surface area contributed by atoms with Crippen LogP contribution in [-0.2, 0) is 11.8 Å². The van der Waals surface area contributed by atoms with Crippen molar-refractivity contribution >= 4 is 22.9 Å². The van der Waals surface area contributed by atoms with Gasteiger partial charge in [0.25, 0.3) is 0 Å². The molecule has 1 aromatic carbocycles. The van der Waals surface area contributed by atoms with Gasteiger partial charge >= 0.3 is 5.97 Å². The van der Waals surface area contributed by atoms with Crippen LogP contribution in [0.5, 0.6) is 0 Å². The summed E-state index contributed by atoms with van der Waals surface area (Å²) in [4.78, 5) is 10.7. The summed E-state index contributed by atoms with van der Waals surface area (Å²) in [6.45, 7) is 6.15. The summed E-state index contributed by atoms with van der Waals surface area (Å²) in [7, 11) is 2.01. The summed E-state index contributed by atoms with van der Waals surface area (Å²) < 4.78 is 2.12. The molecule has 0 aliphatic heterocycles. The van der Waals surface area contributed by atoms with E-state index >= 15 is 0 Å². The number of benzene rings is 1. The molecular formula is C15H17NO2. The average molecular weight is 243 g/mol. The monoisotopic (exact) mass is 243 g/mol. The van der Waals surface area contributed by atoms with Crippen molar-refractivity contribution in [3.05, 3.63) is 40.6 Å². The highest BCUT2D eigenvalue weighted by Gasteiger charge is 2.12. The fourth-order valence-electron chi connectivity index (χ4n) is 2.52. The molecule has 0 unspecified atom stereocenters. The Morgan fingerprint density at radius 1 is 1.28 bits per heavy atom. The van der Waals surface area contributed by atoms with Crippen LogP contribution in [-0.4, -0.2) is 15.6 Å². The summed E-state index contributed by atoms with van der Waals surface area (Å²) in [6.07, 6.45) is 2.87. The lowest BCUT2D eigenvalue weighted by molar-refractivity contribution is -0.131. The Balaban J connectivity index is 2.81. The minimum Gasteiger partial charge on any atom is -0.478 e.